The van der Waals surface area contributed by atoms with Gasteiger partial charge in [0.2, 0.25) is 0 Å². The minimum Gasteiger partial charge on any atom is -0.493 e. The minimum absolute atomic E-state index is 0.0758. The Labute approximate surface area is 137 Å². The second-order valence-electron chi connectivity index (χ2n) is 5.51. The van der Waals surface area contributed by atoms with Crippen molar-refractivity contribution in [2.24, 2.45) is 0 Å². The van der Waals surface area contributed by atoms with Crippen LogP contribution in [-0.4, -0.2) is 36.5 Å². The first-order chi connectivity index (χ1) is 11.5. The molecule has 0 unspecified atom stereocenters. The summed E-state index contributed by atoms with van der Waals surface area (Å²) in [4.78, 5) is 0. The molecule has 3 rings (SSSR count). The van der Waals surface area contributed by atoms with Crippen LogP contribution in [0.2, 0.25) is 0 Å². The average Bonchev–Trinajstić information content (AvgIpc) is 3.04. The Morgan fingerprint density at radius 3 is 2.92 bits per heavy atom. The minimum atomic E-state index is -4.37. The number of halogens is 3. The van der Waals surface area contributed by atoms with Crippen LogP contribution in [0.3, 0.4) is 0 Å². The second kappa shape index (κ2) is 7.23. The van der Waals surface area contributed by atoms with Crippen molar-refractivity contribution >= 4 is 0 Å². The van der Waals surface area contributed by atoms with E-state index in [2.05, 4.69) is 15.5 Å². The van der Waals surface area contributed by atoms with Gasteiger partial charge in [-0.1, -0.05) is 6.07 Å². The summed E-state index contributed by atoms with van der Waals surface area (Å²) >= 11 is 0. The Kier molecular flexibility index (Phi) is 5.06. The van der Waals surface area contributed by atoms with Crippen LogP contribution in [0.25, 0.3) is 0 Å². The van der Waals surface area contributed by atoms with Gasteiger partial charge < -0.3 is 14.8 Å². The van der Waals surface area contributed by atoms with Gasteiger partial charge in [0.15, 0.2) is 0 Å². The molecule has 2 N–H and O–H groups in total. The van der Waals surface area contributed by atoms with E-state index >= 15 is 0 Å². The molecule has 1 aromatic heterocycles. The molecule has 1 aliphatic heterocycles. The zero-order valence-electron chi connectivity index (χ0n) is 12.9. The molecule has 8 heteroatoms. The Morgan fingerprint density at radius 2 is 2.17 bits per heavy atom. The van der Waals surface area contributed by atoms with Gasteiger partial charge in [0.1, 0.15) is 11.9 Å². The molecule has 1 atom stereocenters. The largest absolute Gasteiger partial charge is 0.493 e. The first kappa shape index (κ1) is 16.8. The van der Waals surface area contributed by atoms with Crippen molar-refractivity contribution in [1.29, 1.82) is 0 Å². The van der Waals surface area contributed by atoms with Crippen LogP contribution in [0, 0.1) is 0 Å². The number of nitrogens with zero attached hydrogens (tertiary/aromatic N) is 1. The van der Waals surface area contributed by atoms with Gasteiger partial charge in [-0.25, -0.2) is 0 Å². The maximum absolute atomic E-state index is 12.6. The molecule has 2 heterocycles. The van der Waals surface area contributed by atoms with E-state index in [0.717, 1.165) is 30.1 Å². The highest BCUT2D eigenvalue weighted by atomic mass is 19.4. The van der Waals surface area contributed by atoms with Crippen LogP contribution in [0.1, 0.15) is 23.1 Å². The average molecular weight is 341 g/mol. The smallest absolute Gasteiger partial charge is 0.416 e. The molecule has 1 saturated heterocycles. The van der Waals surface area contributed by atoms with Gasteiger partial charge in [-0.3, -0.25) is 5.10 Å². The molecule has 2 aromatic rings. The molecule has 5 nitrogen and oxygen atoms in total. The van der Waals surface area contributed by atoms with E-state index < -0.39 is 11.7 Å². The highest BCUT2D eigenvalue weighted by molar-refractivity contribution is 5.30. The van der Waals surface area contributed by atoms with Crippen LogP contribution in [-0.2, 0) is 17.3 Å². The number of morpholine rings is 1. The van der Waals surface area contributed by atoms with Crippen molar-refractivity contribution in [3.05, 3.63) is 47.3 Å². The second-order valence-corrected chi connectivity index (χ2v) is 5.51. The number of H-pyrrole nitrogens is 1. The number of aromatic nitrogens is 2. The number of hydrogen-bond donors (Lipinski definition) is 2. The highest BCUT2D eigenvalue weighted by Gasteiger charge is 2.30. The predicted molar refractivity (Wildman–Crippen MR) is 80.8 cm³/mol. The molecule has 1 aromatic carbocycles. The number of rotatable bonds is 5. The van der Waals surface area contributed by atoms with Gasteiger partial charge in [-0.15, -0.1) is 0 Å². The highest BCUT2D eigenvalue weighted by Crippen LogP contribution is 2.31. The molecule has 0 amide bonds. The summed E-state index contributed by atoms with van der Waals surface area (Å²) in [5.74, 6) is 0.198. The van der Waals surface area contributed by atoms with Crippen molar-refractivity contribution in [1.82, 2.24) is 15.5 Å². The summed E-state index contributed by atoms with van der Waals surface area (Å²) in [5, 5.41) is 10.4. The molecule has 1 aliphatic rings. The van der Waals surface area contributed by atoms with Crippen molar-refractivity contribution < 1.29 is 22.6 Å². The Hall–Kier alpha value is -2.06. The van der Waals surface area contributed by atoms with Gasteiger partial charge in [0.05, 0.1) is 24.5 Å². The van der Waals surface area contributed by atoms with E-state index in [1.807, 2.05) is 6.07 Å². The quantitative estimate of drug-likeness (QED) is 0.878. The fourth-order valence-corrected chi connectivity index (χ4v) is 2.47. The van der Waals surface area contributed by atoms with E-state index in [-0.39, 0.29) is 18.5 Å². The number of benzene rings is 1. The first-order valence-electron chi connectivity index (χ1n) is 7.69. The monoisotopic (exact) mass is 341 g/mol. The number of nitrogens with one attached hydrogen (secondary N) is 2. The molecule has 0 radical (unpaired) electrons. The summed E-state index contributed by atoms with van der Waals surface area (Å²) in [6.45, 7) is 2.45. The standard InChI is InChI=1S/C16H18F3N3O2/c17-16(18,19)11-2-1-3-13(8-11)23-6-4-12-9-14(22-21-12)15-10-20-5-7-24-15/h1-3,8-9,15,20H,4-7,10H2,(H,21,22)/t15-/m1/s1. The van der Waals surface area contributed by atoms with E-state index in [1.54, 1.807) is 0 Å². The van der Waals surface area contributed by atoms with E-state index in [1.165, 1.54) is 12.1 Å². The van der Waals surface area contributed by atoms with E-state index in [4.69, 9.17) is 9.47 Å². The molecule has 1 fully saturated rings. The van der Waals surface area contributed by atoms with Crippen molar-refractivity contribution in [2.75, 3.05) is 26.3 Å². The van der Waals surface area contributed by atoms with Crippen LogP contribution in [0.15, 0.2) is 30.3 Å². The third-order valence-corrected chi connectivity index (χ3v) is 3.71. The summed E-state index contributed by atoms with van der Waals surface area (Å²) in [6.07, 6.45) is -3.93. The molecular weight excluding hydrogens is 323 g/mol. The topological polar surface area (TPSA) is 59.2 Å². The molecule has 0 aliphatic carbocycles. The van der Waals surface area contributed by atoms with Gasteiger partial charge in [0.25, 0.3) is 0 Å². The van der Waals surface area contributed by atoms with E-state index in [9.17, 15) is 13.2 Å². The number of ether oxygens (including phenoxy) is 2. The molecule has 0 saturated carbocycles. The van der Waals surface area contributed by atoms with Crippen LogP contribution in [0.5, 0.6) is 5.75 Å². The zero-order valence-corrected chi connectivity index (χ0v) is 12.9. The first-order valence-corrected chi connectivity index (χ1v) is 7.69. The lowest BCUT2D eigenvalue weighted by molar-refractivity contribution is -0.137. The van der Waals surface area contributed by atoms with Crippen LogP contribution >= 0.6 is 0 Å². The van der Waals surface area contributed by atoms with Gasteiger partial charge in [-0.05, 0) is 24.3 Å². The summed E-state index contributed by atoms with van der Waals surface area (Å²) < 4.78 is 49.0. The third-order valence-electron chi connectivity index (χ3n) is 3.71. The molecule has 24 heavy (non-hydrogen) atoms. The maximum Gasteiger partial charge on any atom is 0.416 e. The lowest BCUT2D eigenvalue weighted by Gasteiger charge is -2.21. The molecule has 0 bridgehead atoms. The Balaban J connectivity index is 1.52. The van der Waals surface area contributed by atoms with E-state index in [0.29, 0.717) is 19.6 Å². The molecular formula is C16H18F3N3O2. The third kappa shape index (κ3) is 4.27. The summed E-state index contributed by atoms with van der Waals surface area (Å²) in [5.41, 5.74) is 0.952. The van der Waals surface area contributed by atoms with Crippen molar-refractivity contribution in [2.45, 2.75) is 18.7 Å². The van der Waals surface area contributed by atoms with Crippen molar-refractivity contribution in [3.63, 3.8) is 0 Å². The lowest BCUT2D eigenvalue weighted by Crippen LogP contribution is -2.33. The Bertz CT molecular complexity index is 667. The predicted octanol–water partition coefficient (Wildman–Crippen LogP) is 2.71. The van der Waals surface area contributed by atoms with Crippen LogP contribution < -0.4 is 10.1 Å². The SMILES string of the molecule is FC(F)(F)c1cccc(OCCc2cc([C@H]3CNCCO3)n[nH]2)c1. The van der Waals surface area contributed by atoms with Gasteiger partial charge in [-0.2, -0.15) is 18.3 Å². The molecule has 0 spiro atoms. The zero-order chi connectivity index (χ0) is 17.0. The number of aromatic amines is 1. The van der Waals surface area contributed by atoms with Gasteiger partial charge in [0, 0.05) is 25.2 Å². The summed E-state index contributed by atoms with van der Waals surface area (Å²) in [7, 11) is 0. The van der Waals surface area contributed by atoms with Crippen LogP contribution in [0.4, 0.5) is 13.2 Å². The fraction of sp³-hybridized carbons (Fsp3) is 0.438. The summed E-state index contributed by atoms with van der Waals surface area (Å²) in [6, 6.07) is 6.76. The normalized spacial score (nSPS) is 18.5. The fourth-order valence-electron chi connectivity index (χ4n) is 2.47. The number of alkyl halides is 3. The Morgan fingerprint density at radius 1 is 1.29 bits per heavy atom. The lowest BCUT2D eigenvalue weighted by atomic mass is 10.2. The van der Waals surface area contributed by atoms with Gasteiger partial charge >= 0.3 is 6.18 Å². The van der Waals surface area contributed by atoms with Crippen molar-refractivity contribution in [3.8, 4) is 5.75 Å². The maximum atomic E-state index is 12.6. The number of hydrogen-bond acceptors (Lipinski definition) is 4. The molecule has 130 valence electrons.